The van der Waals surface area contributed by atoms with E-state index < -0.39 is 12.1 Å². The lowest BCUT2D eigenvalue weighted by Crippen LogP contribution is -2.22. The third-order valence-electron chi connectivity index (χ3n) is 1.57. The Balaban J connectivity index is 4.69. The summed E-state index contributed by atoms with van der Waals surface area (Å²) < 4.78 is 4.40. The highest BCUT2D eigenvalue weighted by Gasteiger charge is 2.16. The van der Waals surface area contributed by atoms with Crippen molar-refractivity contribution in [1.82, 2.24) is 0 Å². The monoisotopic (exact) mass is 198 g/mol. The van der Waals surface area contributed by atoms with Gasteiger partial charge in [0.25, 0.3) is 0 Å². The maximum absolute atomic E-state index is 10.9. The maximum Gasteiger partial charge on any atom is 0.339 e. The van der Waals surface area contributed by atoms with Gasteiger partial charge in [-0.3, -0.25) is 0 Å². The first-order chi connectivity index (χ1) is 6.28. The average molecular weight is 198 g/mol. The van der Waals surface area contributed by atoms with E-state index in [0.717, 1.165) is 0 Å². The molecule has 0 spiro atoms. The molecule has 0 aliphatic rings. The van der Waals surface area contributed by atoms with Gasteiger partial charge in [-0.05, 0) is 18.4 Å². The minimum absolute atomic E-state index is 0.0168. The van der Waals surface area contributed by atoms with E-state index in [2.05, 4.69) is 10.5 Å². The Hall–Kier alpha value is -1.05. The van der Waals surface area contributed by atoms with Crippen LogP contribution in [0.4, 0.5) is 0 Å². The molecule has 0 aliphatic heterocycles. The molecule has 0 aromatic carbocycles. The van der Waals surface area contributed by atoms with Crippen LogP contribution in [0, 0.1) is 5.41 Å². The van der Waals surface area contributed by atoms with E-state index in [1.165, 1.54) is 7.11 Å². The summed E-state index contributed by atoms with van der Waals surface area (Å²) in [5, 5.41) is 9.39. The summed E-state index contributed by atoms with van der Waals surface area (Å²) in [6.45, 7) is 7.68. The normalized spacial score (nSPS) is 12.7. The third kappa shape index (κ3) is 4.85. The molecule has 0 saturated heterocycles. The lowest BCUT2D eigenvalue weighted by Gasteiger charge is -2.10. The number of hydrogen-bond acceptors (Lipinski definition) is 3. The van der Waals surface area contributed by atoms with E-state index in [1.54, 1.807) is 6.92 Å². The number of carbonyl (C=O) groups excluding carboxylic acids is 1. The van der Waals surface area contributed by atoms with Gasteiger partial charge < -0.3 is 9.84 Å². The first-order valence-corrected chi connectivity index (χ1v) is 4.48. The molecule has 3 heteroatoms. The molecule has 0 amide bonds. The van der Waals surface area contributed by atoms with Crippen molar-refractivity contribution >= 4 is 5.97 Å². The second-order valence-corrected chi connectivity index (χ2v) is 4.26. The molecule has 1 atom stereocenters. The smallest absolute Gasteiger partial charge is 0.339 e. The third-order valence-corrected chi connectivity index (χ3v) is 1.57. The van der Waals surface area contributed by atoms with E-state index in [0.29, 0.717) is 5.57 Å². The van der Waals surface area contributed by atoms with Gasteiger partial charge in [-0.2, -0.15) is 0 Å². The highest BCUT2D eigenvalue weighted by molar-refractivity contribution is 5.77. The Kier molecular flexibility index (Phi) is 4.61. The predicted octanol–water partition coefficient (Wildman–Crippen LogP) is 1.67. The Morgan fingerprint density at radius 1 is 1.50 bits per heavy atom. The van der Waals surface area contributed by atoms with Crippen molar-refractivity contribution in [3.05, 3.63) is 17.4 Å². The van der Waals surface area contributed by atoms with Crippen LogP contribution in [-0.2, 0) is 9.53 Å². The van der Waals surface area contributed by atoms with Crippen molar-refractivity contribution in [2.75, 3.05) is 7.11 Å². The second-order valence-electron chi connectivity index (χ2n) is 4.26. The molecule has 3 nitrogen and oxygen atoms in total. The van der Waals surface area contributed by atoms with E-state index in [4.69, 9.17) is 0 Å². The Morgan fingerprint density at radius 2 is 2.00 bits per heavy atom. The molecule has 0 unspecified atom stereocenters. The quantitative estimate of drug-likeness (QED) is 0.542. The predicted molar refractivity (Wildman–Crippen MR) is 54.7 cm³/mol. The van der Waals surface area contributed by atoms with Crippen LogP contribution in [0.15, 0.2) is 17.4 Å². The van der Waals surface area contributed by atoms with Gasteiger partial charge in [-0.1, -0.05) is 20.8 Å². The van der Waals surface area contributed by atoms with Crippen LogP contribution < -0.4 is 0 Å². The summed E-state index contributed by atoms with van der Waals surface area (Å²) in [7, 11) is 1.24. The highest BCUT2D eigenvalue weighted by atomic mass is 16.5. The van der Waals surface area contributed by atoms with Crippen molar-refractivity contribution in [1.29, 1.82) is 0 Å². The molecule has 0 aliphatic carbocycles. The summed E-state index contributed by atoms with van der Waals surface area (Å²) in [6.07, 6.45) is 0.604. The molecular formula is C11H18O3. The van der Waals surface area contributed by atoms with Crippen molar-refractivity contribution < 1.29 is 14.6 Å². The number of esters is 1. The van der Waals surface area contributed by atoms with Crippen LogP contribution in [0.3, 0.4) is 0 Å². The molecule has 0 saturated carbocycles. The zero-order valence-corrected chi connectivity index (χ0v) is 9.42. The van der Waals surface area contributed by atoms with Crippen LogP contribution in [0.25, 0.3) is 0 Å². The first kappa shape index (κ1) is 12.9. The highest BCUT2D eigenvalue weighted by Crippen LogP contribution is 2.14. The number of carbonyl (C=O) groups is 1. The summed E-state index contributed by atoms with van der Waals surface area (Å²) >= 11 is 0. The second kappa shape index (κ2) is 4.99. The number of aliphatic hydroxyl groups excluding tert-OH is 1. The topological polar surface area (TPSA) is 46.5 Å². The minimum Gasteiger partial charge on any atom is -0.467 e. The number of methoxy groups -OCH3 is 1. The van der Waals surface area contributed by atoms with E-state index in [1.807, 2.05) is 26.8 Å². The Morgan fingerprint density at radius 3 is 2.36 bits per heavy atom. The van der Waals surface area contributed by atoms with Crippen LogP contribution in [-0.4, -0.2) is 24.3 Å². The fourth-order valence-corrected chi connectivity index (χ4v) is 0.698. The SMILES string of the molecule is COC(=O)[C@@H](O)C(C)=C=CC(C)(C)C. The number of hydrogen-bond donors (Lipinski definition) is 1. The van der Waals surface area contributed by atoms with Gasteiger partial charge >= 0.3 is 5.97 Å². The average Bonchev–Trinajstić information content (AvgIpc) is 2.10. The van der Waals surface area contributed by atoms with Crippen LogP contribution >= 0.6 is 0 Å². The van der Waals surface area contributed by atoms with Crippen LogP contribution in [0.5, 0.6) is 0 Å². The Labute approximate surface area is 85.1 Å². The van der Waals surface area contributed by atoms with E-state index in [9.17, 15) is 9.90 Å². The summed E-state index contributed by atoms with van der Waals surface area (Å²) in [4.78, 5) is 10.9. The lowest BCUT2D eigenvalue weighted by molar-refractivity contribution is -0.148. The fourth-order valence-electron chi connectivity index (χ4n) is 0.698. The fraction of sp³-hybridized carbons (Fsp3) is 0.636. The number of ether oxygens (including phenoxy) is 1. The minimum atomic E-state index is -1.21. The van der Waals surface area contributed by atoms with Crippen LogP contribution in [0.1, 0.15) is 27.7 Å². The summed E-state index contributed by atoms with van der Waals surface area (Å²) in [6, 6.07) is 0. The molecule has 0 heterocycles. The molecule has 80 valence electrons. The van der Waals surface area contributed by atoms with Gasteiger partial charge in [0.05, 0.1) is 7.11 Å². The molecule has 0 aromatic heterocycles. The lowest BCUT2D eigenvalue weighted by atomic mass is 9.96. The van der Waals surface area contributed by atoms with Crippen molar-refractivity contribution in [3.63, 3.8) is 0 Å². The number of aliphatic hydroxyl groups is 1. The van der Waals surface area contributed by atoms with Gasteiger partial charge in [-0.25, -0.2) is 4.79 Å². The zero-order valence-electron chi connectivity index (χ0n) is 9.42. The Bertz CT molecular complexity index is 265. The molecule has 0 fully saturated rings. The molecule has 14 heavy (non-hydrogen) atoms. The summed E-state index contributed by atoms with van der Waals surface area (Å²) in [5.74, 6) is -0.655. The molecule has 0 aromatic rings. The maximum atomic E-state index is 10.9. The molecule has 0 rings (SSSR count). The molecule has 0 radical (unpaired) electrons. The van der Waals surface area contributed by atoms with Gasteiger partial charge in [-0.15, -0.1) is 5.73 Å². The first-order valence-electron chi connectivity index (χ1n) is 4.48. The number of rotatable bonds is 2. The van der Waals surface area contributed by atoms with E-state index in [-0.39, 0.29) is 5.41 Å². The van der Waals surface area contributed by atoms with Gasteiger partial charge in [0, 0.05) is 5.57 Å². The van der Waals surface area contributed by atoms with Crippen molar-refractivity contribution in [3.8, 4) is 0 Å². The van der Waals surface area contributed by atoms with Crippen molar-refractivity contribution in [2.45, 2.75) is 33.8 Å². The van der Waals surface area contributed by atoms with Gasteiger partial charge in [0.2, 0.25) is 0 Å². The van der Waals surface area contributed by atoms with Gasteiger partial charge in [0.1, 0.15) is 0 Å². The largest absolute Gasteiger partial charge is 0.467 e. The van der Waals surface area contributed by atoms with Crippen LogP contribution in [0.2, 0.25) is 0 Å². The zero-order chi connectivity index (χ0) is 11.4. The molecular weight excluding hydrogens is 180 g/mol. The summed E-state index contributed by atoms with van der Waals surface area (Å²) in [5.41, 5.74) is 3.33. The molecule has 0 bridgehead atoms. The standard InChI is InChI=1S/C11H18O3/c1-8(6-7-11(2,3)4)9(12)10(13)14-5/h7,9,12H,1-5H3/t6?,9-/m0/s1. The van der Waals surface area contributed by atoms with E-state index >= 15 is 0 Å². The van der Waals surface area contributed by atoms with Crippen molar-refractivity contribution in [2.24, 2.45) is 5.41 Å². The molecule has 1 N–H and O–H groups in total. The van der Waals surface area contributed by atoms with Gasteiger partial charge in [0.15, 0.2) is 6.10 Å².